The summed E-state index contributed by atoms with van der Waals surface area (Å²) in [5, 5.41) is 7.73. The van der Waals surface area contributed by atoms with Gasteiger partial charge in [0.15, 0.2) is 9.84 Å². The van der Waals surface area contributed by atoms with Gasteiger partial charge in [-0.15, -0.1) is 0 Å². The molecule has 1 fully saturated rings. The highest BCUT2D eigenvalue weighted by Crippen LogP contribution is 2.44. The van der Waals surface area contributed by atoms with Crippen LogP contribution < -0.4 is 11.1 Å². The van der Waals surface area contributed by atoms with Crippen molar-refractivity contribution in [2.75, 3.05) is 31.6 Å². The standard InChI is InChI=1S/C24H28N6O3S/c1-3-26-23(31)29-10-8-24(15-29)9-11-30-21(24)13-20(28-30)17-12-19(22(25)27-14-17)16-4-6-18(7-5-16)34(2,32)33/h4-7,12-14H,3,8-11,15H2,1-2H3,(H2,25,27)(H,26,31). The zero-order valence-electron chi connectivity index (χ0n) is 19.3. The van der Waals surface area contributed by atoms with Crippen LogP contribution in [0.5, 0.6) is 0 Å². The van der Waals surface area contributed by atoms with Gasteiger partial charge in [-0.25, -0.2) is 18.2 Å². The number of anilines is 1. The zero-order chi connectivity index (χ0) is 24.1. The Morgan fingerprint density at radius 1 is 1.15 bits per heavy atom. The Morgan fingerprint density at radius 2 is 1.88 bits per heavy atom. The van der Waals surface area contributed by atoms with Crippen LogP contribution in [0.15, 0.2) is 47.5 Å². The molecular weight excluding hydrogens is 452 g/mol. The number of aromatic nitrogens is 3. The van der Waals surface area contributed by atoms with Gasteiger partial charge in [0.05, 0.1) is 10.6 Å². The van der Waals surface area contributed by atoms with Gasteiger partial charge in [0.2, 0.25) is 0 Å². The van der Waals surface area contributed by atoms with E-state index < -0.39 is 9.84 Å². The van der Waals surface area contributed by atoms with Crippen LogP contribution >= 0.6 is 0 Å². The van der Waals surface area contributed by atoms with Crippen LogP contribution in [0.3, 0.4) is 0 Å². The van der Waals surface area contributed by atoms with Crippen LogP contribution in [-0.4, -0.2) is 60.0 Å². The largest absolute Gasteiger partial charge is 0.383 e. The Bertz CT molecular complexity index is 1370. The number of nitrogen functional groups attached to an aromatic ring is 1. The number of nitrogens with one attached hydrogen (secondary N) is 1. The summed E-state index contributed by atoms with van der Waals surface area (Å²) in [5.74, 6) is 0.368. The molecule has 34 heavy (non-hydrogen) atoms. The fourth-order valence-electron chi connectivity index (χ4n) is 5.05. The number of aryl methyl sites for hydroxylation is 1. The third-order valence-corrected chi connectivity index (χ3v) is 8.03. The van der Waals surface area contributed by atoms with Gasteiger partial charge in [-0.3, -0.25) is 4.68 Å². The molecule has 2 aromatic heterocycles. The molecule has 1 saturated heterocycles. The van der Waals surface area contributed by atoms with Crippen molar-refractivity contribution in [1.29, 1.82) is 0 Å². The molecule has 10 heteroatoms. The molecule has 2 amide bonds. The first kappa shape index (κ1) is 22.4. The lowest BCUT2D eigenvalue weighted by Gasteiger charge is -2.23. The van der Waals surface area contributed by atoms with Crippen LogP contribution in [0, 0.1) is 0 Å². The normalized spacial score (nSPS) is 19.5. The second-order valence-corrected chi connectivity index (χ2v) is 11.1. The molecule has 3 aromatic rings. The number of pyridine rings is 1. The van der Waals surface area contributed by atoms with Crippen LogP contribution in [-0.2, 0) is 21.8 Å². The fourth-order valence-corrected chi connectivity index (χ4v) is 5.68. The van der Waals surface area contributed by atoms with E-state index in [9.17, 15) is 13.2 Å². The highest BCUT2D eigenvalue weighted by Gasteiger charge is 2.46. The number of carbonyl (C=O) groups excluding carboxylic acids is 1. The monoisotopic (exact) mass is 480 g/mol. The number of hydrogen-bond acceptors (Lipinski definition) is 6. The Morgan fingerprint density at radius 3 is 2.59 bits per heavy atom. The molecule has 3 N–H and O–H groups in total. The predicted octanol–water partition coefficient (Wildman–Crippen LogP) is 2.67. The van der Waals surface area contributed by atoms with Gasteiger partial charge in [-0.05, 0) is 49.6 Å². The number of likely N-dealkylation sites (tertiary alicyclic amines) is 1. The number of rotatable bonds is 4. The lowest BCUT2D eigenvalue weighted by atomic mass is 9.82. The molecule has 0 bridgehead atoms. The van der Waals surface area contributed by atoms with Crippen molar-refractivity contribution in [2.45, 2.75) is 36.6 Å². The number of nitrogens with zero attached hydrogens (tertiary/aromatic N) is 4. The van der Waals surface area contributed by atoms with Crippen LogP contribution in [0.4, 0.5) is 10.6 Å². The minimum atomic E-state index is -3.27. The van der Waals surface area contributed by atoms with Crippen LogP contribution in [0.25, 0.3) is 22.4 Å². The van der Waals surface area contributed by atoms with E-state index >= 15 is 0 Å². The topological polar surface area (TPSA) is 123 Å². The SMILES string of the molecule is CCNC(=O)N1CCC2(CCn3nc(-c4cnc(N)c(-c5ccc(S(C)(=O)=O)cc5)c4)cc32)C1. The number of hydrogen-bond donors (Lipinski definition) is 2. The van der Waals surface area contributed by atoms with E-state index in [2.05, 4.69) is 16.4 Å². The van der Waals surface area contributed by atoms with Crippen LogP contribution in [0.1, 0.15) is 25.5 Å². The van der Waals surface area contributed by atoms with Gasteiger partial charge >= 0.3 is 6.03 Å². The third kappa shape index (κ3) is 3.81. The minimum absolute atomic E-state index is 0.00756. The first-order valence-corrected chi connectivity index (χ1v) is 13.3. The highest BCUT2D eigenvalue weighted by atomic mass is 32.2. The van der Waals surface area contributed by atoms with E-state index in [4.69, 9.17) is 10.8 Å². The van der Waals surface area contributed by atoms with Gasteiger partial charge in [0.1, 0.15) is 5.82 Å². The molecule has 4 heterocycles. The van der Waals surface area contributed by atoms with Gasteiger partial charge in [-0.2, -0.15) is 5.10 Å². The molecule has 5 rings (SSSR count). The van der Waals surface area contributed by atoms with Crippen molar-refractivity contribution in [3.05, 3.63) is 48.3 Å². The molecule has 1 atom stereocenters. The Kier molecular flexibility index (Phi) is 5.35. The van der Waals surface area contributed by atoms with E-state index in [1.165, 1.54) is 6.26 Å². The van der Waals surface area contributed by atoms with Crippen molar-refractivity contribution >= 4 is 21.7 Å². The summed E-state index contributed by atoms with van der Waals surface area (Å²) in [5.41, 5.74) is 10.4. The molecule has 1 unspecified atom stereocenters. The average molecular weight is 481 g/mol. The number of sulfone groups is 1. The molecule has 1 aromatic carbocycles. The first-order chi connectivity index (χ1) is 16.2. The van der Waals surface area contributed by atoms with E-state index in [1.54, 1.807) is 30.5 Å². The summed E-state index contributed by atoms with van der Waals surface area (Å²) >= 11 is 0. The quantitative estimate of drug-likeness (QED) is 0.592. The molecule has 178 valence electrons. The second-order valence-electron chi connectivity index (χ2n) is 9.13. The Hall–Kier alpha value is -3.40. The maximum absolute atomic E-state index is 12.3. The molecule has 0 saturated carbocycles. The van der Waals surface area contributed by atoms with E-state index in [1.807, 2.05) is 22.6 Å². The summed E-state index contributed by atoms with van der Waals surface area (Å²) in [6, 6.07) is 10.7. The third-order valence-electron chi connectivity index (χ3n) is 6.90. The van der Waals surface area contributed by atoms with Crippen molar-refractivity contribution in [3.63, 3.8) is 0 Å². The Balaban J connectivity index is 1.45. The van der Waals surface area contributed by atoms with Gasteiger partial charge in [0, 0.05) is 60.9 Å². The summed E-state index contributed by atoms with van der Waals surface area (Å²) in [6.45, 7) is 4.80. The van der Waals surface area contributed by atoms with Gasteiger partial charge in [0.25, 0.3) is 0 Å². The summed E-state index contributed by atoms with van der Waals surface area (Å²) < 4.78 is 25.6. The van der Waals surface area contributed by atoms with E-state index in [-0.39, 0.29) is 16.3 Å². The number of amides is 2. The van der Waals surface area contributed by atoms with Gasteiger partial charge < -0.3 is 16.0 Å². The number of benzene rings is 1. The summed E-state index contributed by atoms with van der Waals surface area (Å²) in [6.07, 6.45) is 4.80. The van der Waals surface area contributed by atoms with Crippen molar-refractivity contribution in [2.24, 2.45) is 0 Å². The molecule has 1 spiro atoms. The number of fused-ring (bicyclic) bond motifs is 2. The van der Waals surface area contributed by atoms with Crippen LogP contribution in [0.2, 0.25) is 0 Å². The number of carbonyl (C=O) groups is 1. The number of urea groups is 1. The average Bonchev–Trinajstić information content (AvgIpc) is 3.51. The molecule has 2 aliphatic rings. The van der Waals surface area contributed by atoms with Crippen molar-refractivity contribution < 1.29 is 13.2 Å². The lowest BCUT2D eigenvalue weighted by Crippen LogP contribution is -2.40. The highest BCUT2D eigenvalue weighted by molar-refractivity contribution is 7.90. The lowest BCUT2D eigenvalue weighted by molar-refractivity contribution is 0.206. The molecule has 0 radical (unpaired) electrons. The van der Waals surface area contributed by atoms with Crippen molar-refractivity contribution in [1.82, 2.24) is 25.0 Å². The maximum Gasteiger partial charge on any atom is 0.317 e. The fraction of sp³-hybridized carbons (Fsp3) is 0.375. The van der Waals surface area contributed by atoms with Crippen molar-refractivity contribution in [3.8, 4) is 22.4 Å². The maximum atomic E-state index is 12.3. The minimum Gasteiger partial charge on any atom is -0.383 e. The molecular formula is C24H28N6O3S. The molecule has 0 aliphatic carbocycles. The molecule has 2 aliphatic heterocycles. The van der Waals surface area contributed by atoms with E-state index in [0.717, 1.165) is 54.0 Å². The summed E-state index contributed by atoms with van der Waals surface area (Å²) in [7, 11) is -3.27. The van der Waals surface area contributed by atoms with E-state index in [0.29, 0.717) is 18.9 Å². The number of nitrogens with two attached hydrogens (primary N) is 1. The zero-order valence-corrected chi connectivity index (χ0v) is 20.1. The second kappa shape index (κ2) is 8.12. The molecule has 9 nitrogen and oxygen atoms in total. The summed E-state index contributed by atoms with van der Waals surface area (Å²) in [4.78, 5) is 18.9. The van der Waals surface area contributed by atoms with Gasteiger partial charge in [-0.1, -0.05) is 12.1 Å². The first-order valence-electron chi connectivity index (χ1n) is 11.4. The predicted molar refractivity (Wildman–Crippen MR) is 130 cm³/mol. The Labute approximate surface area is 198 Å². The smallest absolute Gasteiger partial charge is 0.317 e.